The van der Waals surface area contributed by atoms with Crippen LogP contribution in [-0.4, -0.2) is 41.0 Å². The number of carbonyl (C=O) groups excluding carboxylic acids is 1. The second-order valence-corrected chi connectivity index (χ2v) is 5.71. The van der Waals surface area contributed by atoms with E-state index in [9.17, 15) is 18.0 Å². The van der Waals surface area contributed by atoms with Crippen LogP contribution < -0.4 is 5.32 Å². The first kappa shape index (κ1) is 14.3. The predicted molar refractivity (Wildman–Crippen MR) is 69.6 cm³/mol. The van der Waals surface area contributed by atoms with Crippen molar-refractivity contribution in [2.75, 3.05) is 13.1 Å². The molecule has 21 heavy (non-hydrogen) atoms. The van der Waals surface area contributed by atoms with Crippen molar-refractivity contribution in [2.24, 2.45) is 5.92 Å². The Balaban J connectivity index is 1.82. The minimum atomic E-state index is -4.48. The Morgan fingerprint density at radius 3 is 2.76 bits per heavy atom. The summed E-state index contributed by atoms with van der Waals surface area (Å²) in [5, 5.41) is 3.25. The molecule has 0 saturated carbocycles. The maximum absolute atomic E-state index is 12.5. The lowest BCUT2D eigenvalue weighted by Gasteiger charge is -2.27. The molecule has 1 aromatic heterocycles. The van der Waals surface area contributed by atoms with Crippen LogP contribution in [0.2, 0.25) is 0 Å². The molecule has 0 spiro atoms. The molecule has 2 saturated heterocycles. The highest BCUT2D eigenvalue weighted by atomic mass is 19.4. The van der Waals surface area contributed by atoms with Gasteiger partial charge in [-0.25, -0.2) is 0 Å². The van der Waals surface area contributed by atoms with Crippen LogP contribution in [0.25, 0.3) is 0 Å². The van der Waals surface area contributed by atoms with E-state index in [0.29, 0.717) is 5.92 Å². The van der Waals surface area contributed by atoms with Crippen LogP contribution in [0.1, 0.15) is 29.4 Å². The molecular weight excluding hydrogens is 283 g/mol. The van der Waals surface area contributed by atoms with Crippen LogP contribution >= 0.6 is 0 Å². The van der Waals surface area contributed by atoms with Crippen molar-refractivity contribution in [1.29, 1.82) is 0 Å². The smallest absolute Gasteiger partial charge is 0.331 e. The quantitative estimate of drug-likeness (QED) is 0.862. The third kappa shape index (κ3) is 2.50. The maximum Gasteiger partial charge on any atom is 0.433 e. The number of amides is 1. The molecule has 4 nitrogen and oxygen atoms in total. The second-order valence-electron chi connectivity index (χ2n) is 5.71. The van der Waals surface area contributed by atoms with Crippen molar-refractivity contribution in [3.63, 3.8) is 0 Å². The van der Waals surface area contributed by atoms with Gasteiger partial charge >= 0.3 is 6.18 Å². The number of carbonyl (C=O) groups is 1. The summed E-state index contributed by atoms with van der Waals surface area (Å²) in [5.41, 5.74) is -0.767. The Hall–Kier alpha value is -1.63. The summed E-state index contributed by atoms with van der Waals surface area (Å²) in [6.45, 7) is 3.62. The summed E-state index contributed by atoms with van der Waals surface area (Å²) in [5.74, 6) is 0.200. The van der Waals surface area contributed by atoms with Gasteiger partial charge in [0, 0.05) is 31.4 Å². The molecule has 2 aliphatic heterocycles. The van der Waals surface area contributed by atoms with Gasteiger partial charge in [-0.15, -0.1) is 0 Å². The fourth-order valence-corrected chi connectivity index (χ4v) is 3.35. The van der Waals surface area contributed by atoms with Gasteiger partial charge in [-0.1, -0.05) is 0 Å². The zero-order valence-corrected chi connectivity index (χ0v) is 11.5. The van der Waals surface area contributed by atoms with E-state index in [1.165, 1.54) is 6.07 Å². The molecule has 2 fully saturated rings. The third-order valence-corrected chi connectivity index (χ3v) is 4.32. The summed E-state index contributed by atoms with van der Waals surface area (Å²) in [6, 6.07) is 2.31. The van der Waals surface area contributed by atoms with E-state index in [2.05, 4.69) is 10.3 Å². The largest absolute Gasteiger partial charge is 0.433 e. The number of halogens is 3. The van der Waals surface area contributed by atoms with E-state index in [0.717, 1.165) is 31.8 Å². The van der Waals surface area contributed by atoms with E-state index < -0.39 is 11.9 Å². The fraction of sp³-hybridized carbons (Fsp3) is 0.571. The lowest BCUT2D eigenvalue weighted by atomic mass is 10.0. The van der Waals surface area contributed by atoms with E-state index >= 15 is 0 Å². The molecular formula is C14H16F3N3O. The number of nitrogens with one attached hydrogen (secondary N) is 1. The normalized spacial score (nSPS) is 28.8. The minimum absolute atomic E-state index is 0.108. The number of fused-ring (bicyclic) bond motifs is 1. The summed E-state index contributed by atoms with van der Waals surface area (Å²) in [6.07, 6.45) is -2.53. The van der Waals surface area contributed by atoms with E-state index in [4.69, 9.17) is 0 Å². The molecule has 0 radical (unpaired) electrons. The Morgan fingerprint density at radius 2 is 2.14 bits per heavy atom. The SMILES string of the molecule is CC1CC2CNCC2N1C(=O)c1ccc(C(F)(F)F)nc1. The van der Waals surface area contributed by atoms with E-state index in [1.54, 1.807) is 4.90 Å². The topological polar surface area (TPSA) is 45.2 Å². The van der Waals surface area contributed by atoms with Crippen molar-refractivity contribution in [3.05, 3.63) is 29.6 Å². The highest BCUT2D eigenvalue weighted by Crippen LogP contribution is 2.33. The molecule has 1 aromatic rings. The van der Waals surface area contributed by atoms with E-state index in [1.807, 2.05) is 6.92 Å². The molecule has 7 heteroatoms. The Bertz CT molecular complexity index is 543. The fourth-order valence-electron chi connectivity index (χ4n) is 3.35. The van der Waals surface area contributed by atoms with Crippen molar-refractivity contribution >= 4 is 5.91 Å². The molecule has 3 atom stereocenters. The molecule has 0 bridgehead atoms. The van der Waals surface area contributed by atoms with Crippen LogP contribution in [0, 0.1) is 5.92 Å². The monoisotopic (exact) mass is 299 g/mol. The van der Waals surface area contributed by atoms with Crippen molar-refractivity contribution < 1.29 is 18.0 Å². The first-order valence-corrected chi connectivity index (χ1v) is 6.94. The Morgan fingerprint density at radius 1 is 1.38 bits per heavy atom. The third-order valence-electron chi connectivity index (χ3n) is 4.32. The average molecular weight is 299 g/mol. The molecule has 3 heterocycles. The van der Waals surface area contributed by atoms with Crippen molar-refractivity contribution in [1.82, 2.24) is 15.2 Å². The lowest BCUT2D eigenvalue weighted by Crippen LogP contribution is -2.42. The number of likely N-dealkylation sites (tertiary alicyclic amines) is 1. The van der Waals surface area contributed by atoms with Gasteiger partial charge in [0.05, 0.1) is 5.56 Å². The zero-order valence-electron chi connectivity index (χ0n) is 11.5. The number of aromatic nitrogens is 1. The number of nitrogens with zero attached hydrogens (tertiary/aromatic N) is 2. The predicted octanol–water partition coefficient (Wildman–Crippen LogP) is 1.92. The van der Waals surface area contributed by atoms with Gasteiger partial charge in [0.2, 0.25) is 0 Å². The molecule has 1 amide bonds. The van der Waals surface area contributed by atoms with Crippen molar-refractivity contribution in [3.8, 4) is 0 Å². The van der Waals surface area contributed by atoms with Crippen molar-refractivity contribution in [2.45, 2.75) is 31.6 Å². The molecule has 3 unspecified atom stereocenters. The standard InChI is InChI=1S/C14H16F3N3O/c1-8-4-10-5-18-7-11(10)20(8)13(21)9-2-3-12(19-6-9)14(15,16)17/h2-3,6,8,10-11,18H,4-5,7H2,1H3. The Labute approximate surface area is 120 Å². The highest BCUT2D eigenvalue weighted by Gasteiger charge is 2.44. The van der Waals surface area contributed by atoms with Gasteiger partial charge in [-0.2, -0.15) is 13.2 Å². The van der Waals surface area contributed by atoms with Gasteiger partial charge in [-0.3, -0.25) is 9.78 Å². The van der Waals surface area contributed by atoms with Crippen LogP contribution in [0.5, 0.6) is 0 Å². The van der Waals surface area contributed by atoms with Crippen LogP contribution in [0.3, 0.4) is 0 Å². The molecule has 3 rings (SSSR count). The lowest BCUT2D eigenvalue weighted by molar-refractivity contribution is -0.141. The number of hydrogen-bond donors (Lipinski definition) is 1. The maximum atomic E-state index is 12.5. The molecule has 0 aliphatic carbocycles. The first-order valence-electron chi connectivity index (χ1n) is 6.94. The summed E-state index contributed by atoms with van der Waals surface area (Å²) in [7, 11) is 0. The summed E-state index contributed by atoms with van der Waals surface area (Å²) in [4.78, 5) is 17.7. The van der Waals surface area contributed by atoms with Gasteiger partial charge in [0.25, 0.3) is 5.91 Å². The van der Waals surface area contributed by atoms with Crippen LogP contribution in [0.4, 0.5) is 13.2 Å². The van der Waals surface area contributed by atoms with Gasteiger partial charge in [0.15, 0.2) is 0 Å². The Kier molecular flexibility index (Phi) is 3.39. The average Bonchev–Trinajstić information content (AvgIpc) is 2.97. The summed E-state index contributed by atoms with van der Waals surface area (Å²) >= 11 is 0. The molecule has 114 valence electrons. The number of rotatable bonds is 1. The zero-order chi connectivity index (χ0) is 15.2. The molecule has 2 aliphatic rings. The number of alkyl halides is 3. The second kappa shape index (κ2) is 4.98. The number of hydrogen-bond acceptors (Lipinski definition) is 3. The first-order chi connectivity index (χ1) is 9.88. The van der Waals surface area contributed by atoms with Gasteiger partial charge in [-0.05, 0) is 31.4 Å². The number of pyridine rings is 1. The van der Waals surface area contributed by atoms with Gasteiger partial charge in [0.1, 0.15) is 5.69 Å². The molecule has 1 N–H and O–H groups in total. The minimum Gasteiger partial charge on any atom is -0.331 e. The summed E-state index contributed by atoms with van der Waals surface area (Å²) < 4.78 is 37.5. The van der Waals surface area contributed by atoms with Crippen LogP contribution in [0.15, 0.2) is 18.3 Å². The highest BCUT2D eigenvalue weighted by molar-refractivity contribution is 5.94. The van der Waals surface area contributed by atoms with Crippen LogP contribution in [-0.2, 0) is 6.18 Å². The van der Waals surface area contributed by atoms with E-state index in [-0.39, 0.29) is 23.6 Å². The molecule has 0 aromatic carbocycles. The van der Waals surface area contributed by atoms with Gasteiger partial charge < -0.3 is 10.2 Å².